The molecule has 1 aliphatic rings. The highest BCUT2D eigenvalue weighted by Gasteiger charge is 2.32. The van der Waals surface area contributed by atoms with Gasteiger partial charge in [-0.2, -0.15) is 0 Å². The quantitative estimate of drug-likeness (QED) is 0.841. The Morgan fingerprint density at radius 3 is 2.62 bits per heavy atom. The van der Waals surface area contributed by atoms with Gasteiger partial charge in [0.15, 0.2) is 0 Å². The number of rotatable bonds is 6. The summed E-state index contributed by atoms with van der Waals surface area (Å²) in [4.78, 5) is 25.9. The predicted molar refractivity (Wildman–Crippen MR) is 101 cm³/mol. The van der Waals surface area contributed by atoms with Gasteiger partial charge in [0.05, 0.1) is 13.1 Å². The van der Waals surface area contributed by atoms with Crippen LogP contribution in [0.25, 0.3) is 0 Å². The van der Waals surface area contributed by atoms with Gasteiger partial charge in [0.1, 0.15) is 6.10 Å². The molecule has 5 nitrogen and oxygen atoms in total. The fourth-order valence-electron chi connectivity index (χ4n) is 2.90. The van der Waals surface area contributed by atoms with E-state index in [1.165, 1.54) is 0 Å². The molecule has 2 atom stereocenters. The SMILES string of the molecule is CC(Cc1ccc(Cl)cc1)C(=O)NCC1CN(c2ccccc2)C(=O)O1. The van der Waals surface area contributed by atoms with Crippen LogP contribution in [0.4, 0.5) is 10.5 Å². The number of cyclic esters (lactones) is 1. The molecule has 6 heteroatoms. The summed E-state index contributed by atoms with van der Waals surface area (Å²) in [6.07, 6.45) is -0.108. The molecule has 1 saturated heterocycles. The second kappa shape index (κ2) is 8.23. The molecule has 3 rings (SSSR count). The van der Waals surface area contributed by atoms with Crippen molar-refractivity contribution in [2.24, 2.45) is 5.92 Å². The van der Waals surface area contributed by atoms with Crippen LogP contribution in [0.3, 0.4) is 0 Å². The second-order valence-electron chi connectivity index (χ2n) is 6.43. The molecule has 0 aromatic heterocycles. The highest BCUT2D eigenvalue weighted by atomic mass is 35.5. The summed E-state index contributed by atoms with van der Waals surface area (Å²) in [7, 11) is 0. The smallest absolute Gasteiger partial charge is 0.414 e. The molecule has 26 heavy (non-hydrogen) atoms. The van der Waals surface area contributed by atoms with Crippen molar-refractivity contribution in [3.63, 3.8) is 0 Å². The topological polar surface area (TPSA) is 58.6 Å². The lowest BCUT2D eigenvalue weighted by Crippen LogP contribution is -2.37. The molecule has 1 heterocycles. The standard InChI is InChI=1S/C20H21ClN2O3/c1-14(11-15-7-9-16(21)10-8-15)19(24)22-12-18-13-23(20(25)26-18)17-5-3-2-4-6-17/h2-10,14,18H,11-13H2,1H3,(H,22,24). The van der Waals surface area contributed by atoms with Gasteiger partial charge in [-0.25, -0.2) is 4.79 Å². The van der Waals surface area contributed by atoms with E-state index in [0.717, 1.165) is 11.3 Å². The van der Waals surface area contributed by atoms with Gasteiger partial charge in [-0.15, -0.1) is 0 Å². The molecule has 0 bridgehead atoms. The van der Waals surface area contributed by atoms with E-state index >= 15 is 0 Å². The van der Waals surface area contributed by atoms with E-state index < -0.39 is 0 Å². The average molecular weight is 373 g/mol. The van der Waals surface area contributed by atoms with Gasteiger partial charge in [0.2, 0.25) is 5.91 Å². The van der Waals surface area contributed by atoms with Crippen molar-refractivity contribution in [1.29, 1.82) is 0 Å². The fourth-order valence-corrected chi connectivity index (χ4v) is 3.03. The van der Waals surface area contributed by atoms with Crippen molar-refractivity contribution in [3.8, 4) is 0 Å². The number of amides is 2. The lowest BCUT2D eigenvalue weighted by molar-refractivity contribution is -0.124. The van der Waals surface area contributed by atoms with E-state index in [9.17, 15) is 9.59 Å². The van der Waals surface area contributed by atoms with Crippen molar-refractivity contribution in [1.82, 2.24) is 5.32 Å². The van der Waals surface area contributed by atoms with E-state index in [1.807, 2.05) is 61.5 Å². The van der Waals surface area contributed by atoms with Gasteiger partial charge >= 0.3 is 6.09 Å². The largest absolute Gasteiger partial charge is 0.442 e. The van der Waals surface area contributed by atoms with Gasteiger partial charge in [0, 0.05) is 16.6 Å². The van der Waals surface area contributed by atoms with Gasteiger partial charge in [-0.1, -0.05) is 48.9 Å². The predicted octanol–water partition coefficient (Wildman–Crippen LogP) is 3.66. The third-order valence-electron chi connectivity index (χ3n) is 4.35. The summed E-state index contributed by atoms with van der Waals surface area (Å²) in [5.41, 5.74) is 1.85. The molecule has 2 amide bonds. The van der Waals surface area contributed by atoms with E-state index in [-0.39, 0.29) is 24.0 Å². The molecule has 136 valence electrons. The van der Waals surface area contributed by atoms with Crippen LogP contribution in [-0.2, 0) is 16.0 Å². The zero-order valence-electron chi connectivity index (χ0n) is 14.5. The summed E-state index contributed by atoms with van der Waals surface area (Å²) in [5.74, 6) is -0.243. The van der Waals surface area contributed by atoms with Crippen LogP contribution in [0.15, 0.2) is 54.6 Å². The van der Waals surface area contributed by atoms with Crippen LogP contribution in [-0.4, -0.2) is 31.2 Å². The number of halogens is 1. The number of nitrogens with one attached hydrogen (secondary N) is 1. The van der Waals surface area contributed by atoms with Crippen molar-refractivity contribution in [2.75, 3.05) is 18.0 Å². The number of benzene rings is 2. The first-order chi connectivity index (χ1) is 12.5. The Morgan fingerprint density at radius 2 is 1.92 bits per heavy atom. The molecule has 2 aromatic carbocycles. The first-order valence-electron chi connectivity index (χ1n) is 8.58. The summed E-state index contributed by atoms with van der Waals surface area (Å²) >= 11 is 5.88. The molecule has 2 aromatic rings. The van der Waals surface area contributed by atoms with E-state index in [2.05, 4.69) is 5.32 Å². The molecule has 1 N–H and O–H groups in total. The normalized spacial score (nSPS) is 17.7. The number of hydrogen-bond acceptors (Lipinski definition) is 3. The molecule has 1 fully saturated rings. The molecular formula is C20H21ClN2O3. The minimum Gasteiger partial charge on any atom is -0.442 e. The molecule has 1 aliphatic heterocycles. The number of nitrogens with zero attached hydrogens (tertiary/aromatic N) is 1. The van der Waals surface area contributed by atoms with Gasteiger partial charge in [-0.3, -0.25) is 9.69 Å². The van der Waals surface area contributed by atoms with Crippen molar-refractivity contribution >= 4 is 29.3 Å². The highest BCUT2D eigenvalue weighted by molar-refractivity contribution is 6.30. The van der Waals surface area contributed by atoms with Crippen molar-refractivity contribution in [3.05, 3.63) is 65.2 Å². The minimum absolute atomic E-state index is 0.0610. The van der Waals surface area contributed by atoms with Crippen LogP contribution < -0.4 is 10.2 Å². The van der Waals surface area contributed by atoms with Crippen LogP contribution in [0.5, 0.6) is 0 Å². The first-order valence-corrected chi connectivity index (χ1v) is 8.96. The van der Waals surface area contributed by atoms with Crippen LogP contribution in [0.2, 0.25) is 5.02 Å². The second-order valence-corrected chi connectivity index (χ2v) is 6.87. The monoisotopic (exact) mass is 372 g/mol. The highest BCUT2D eigenvalue weighted by Crippen LogP contribution is 2.21. The zero-order chi connectivity index (χ0) is 18.5. The van der Waals surface area contributed by atoms with Crippen LogP contribution in [0, 0.1) is 5.92 Å². The maximum absolute atomic E-state index is 12.3. The van der Waals surface area contributed by atoms with Crippen LogP contribution in [0.1, 0.15) is 12.5 Å². The van der Waals surface area contributed by atoms with Gasteiger partial charge < -0.3 is 10.1 Å². The lowest BCUT2D eigenvalue weighted by Gasteiger charge is -2.15. The van der Waals surface area contributed by atoms with Crippen LogP contribution >= 0.6 is 11.6 Å². The Labute approximate surface area is 157 Å². The van der Waals surface area contributed by atoms with E-state index in [4.69, 9.17) is 16.3 Å². The summed E-state index contributed by atoms with van der Waals surface area (Å²) in [6, 6.07) is 16.8. The van der Waals surface area contributed by atoms with Gasteiger partial charge in [0.25, 0.3) is 0 Å². The molecule has 0 aliphatic carbocycles. The number of hydrogen-bond donors (Lipinski definition) is 1. The lowest BCUT2D eigenvalue weighted by atomic mass is 10.0. The fraction of sp³-hybridized carbons (Fsp3) is 0.300. The number of carbonyl (C=O) groups excluding carboxylic acids is 2. The molecule has 0 saturated carbocycles. The Bertz CT molecular complexity index is 764. The minimum atomic E-state index is -0.385. The van der Waals surface area contributed by atoms with Gasteiger partial charge in [-0.05, 0) is 36.2 Å². The van der Waals surface area contributed by atoms with E-state index in [1.54, 1.807) is 4.90 Å². The van der Waals surface area contributed by atoms with E-state index in [0.29, 0.717) is 24.5 Å². The summed E-state index contributed by atoms with van der Waals surface area (Å²) in [6.45, 7) is 2.61. The molecule has 0 radical (unpaired) electrons. The molecule has 0 spiro atoms. The number of para-hydroxylation sites is 1. The summed E-state index contributed by atoms with van der Waals surface area (Å²) < 4.78 is 5.35. The molecular weight excluding hydrogens is 352 g/mol. The van der Waals surface area contributed by atoms with Crippen molar-refractivity contribution < 1.29 is 14.3 Å². The summed E-state index contributed by atoms with van der Waals surface area (Å²) in [5, 5.41) is 3.56. The third-order valence-corrected chi connectivity index (χ3v) is 4.60. The Hall–Kier alpha value is -2.53. The number of anilines is 1. The third kappa shape index (κ3) is 4.55. The molecule has 2 unspecified atom stereocenters. The maximum atomic E-state index is 12.3. The Kier molecular flexibility index (Phi) is 5.78. The number of carbonyl (C=O) groups is 2. The Morgan fingerprint density at radius 1 is 1.23 bits per heavy atom. The number of ether oxygens (including phenoxy) is 1. The first kappa shape index (κ1) is 18.3. The maximum Gasteiger partial charge on any atom is 0.414 e. The van der Waals surface area contributed by atoms with Crippen molar-refractivity contribution in [2.45, 2.75) is 19.4 Å². The zero-order valence-corrected chi connectivity index (χ0v) is 15.3. The Balaban J connectivity index is 1.48. The average Bonchev–Trinajstić information content (AvgIpc) is 3.03.